The first-order chi connectivity index (χ1) is 9.42. The molecule has 0 aliphatic rings. The van der Waals surface area contributed by atoms with Crippen molar-refractivity contribution in [1.82, 2.24) is 4.57 Å². The Labute approximate surface area is 118 Å². The van der Waals surface area contributed by atoms with E-state index in [0.29, 0.717) is 12.5 Å². The third kappa shape index (κ3) is 3.62. The number of hydrogen-bond donors (Lipinski definition) is 2. The molecule has 0 aliphatic carbocycles. The van der Waals surface area contributed by atoms with Gasteiger partial charge >= 0.3 is 0 Å². The minimum absolute atomic E-state index is 0.0252. The Bertz CT molecular complexity index is 533. The summed E-state index contributed by atoms with van der Waals surface area (Å²) in [6.07, 6.45) is 5.37. The van der Waals surface area contributed by atoms with Crippen molar-refractivity contribution in [3.05, 3.63) is 22.1 Å². The monoisotopic (exact) mass is 281 g/mol. The molecule has 1 aromatic heterocycles. The molecule has 0 bridgehead atoms. The van der Waals surface area contributed by atoms with Crippen LogP contribution in [0.4, 0.5) is 0 Å². The molecule has 1 aromatic rings. The van der Waals surface area contributed by atoms with Crippen LogP contribution in [0, 0.1) is 5.92 Å². The van der Waals surface area contributed by atoms with Gasteiger partial charge < -0.3 is 14.8 Å². The molecule has 1 unspecified atom stereocenters. The van der Waals surface area contributed by atoms with E-state index in [4.69, 9.17) is 0 Å². The first-order valence-corrected chi connectivity index (χ1v) is 7.08. The van der Waals surface area contributed by atoms with Crippen molar-refractivity contribution in [3.63, 3.8) is 0 Å². The van der Waals surface area contributed by atoms with E-state index < -0.39 is 16.9 Å². The van der Waals surface area contributed by atoms with Gasteiger partial charge in [0.1, 0.15) is 5.69 Å². The molecule has 0 saturated heterocycles. The summed E-state index contributed by atoms with van der Waals surface area (Å²) in [6, 6.07) is 0. The van der Waals surface area contributed by atoms with Crippen LogP contribution in [0.5, 0.6) is 11.5 Å². The van der Waals surface area contributed by atoms with Gasteiger partial charge in [-0.25, -0.2) is 0 Å². The van der Waals surface area contributed by atoms with Gasteiger partial charge in [0.25, 0.3) is 5.43 Å². The fraction of sp³-hybridized carbons (Fsp3) is 0.600. The van der Waals surface area contributed by atoms with E-state index in [-0.39, 0.29) is 11.5 Å². The Kier molecular flexibility index (Phi) is 5.80. The first kappa shape index (κ1) is 16.3. The second-order valence-corrected chi connectivity index (χ2v) is 5.17. The third-order valence-corrected chi connectivity index (χ3v) is 3.57. The Morgan fingerprint density at radius 2 is 2.00 bits per heavy atom. The maximum Gasteiger partial charge on any atom is 0.265 e. The highest BCUT2D eigenvalue weighted by Crippen LogP contribution is 2.21. The average Bonchev–Trinajstić information content (AvgIpc) is 2.40. The minimum atomic E-state index is -0.895. The first-order valence-electron chi connectivity index (χ1n) is 7.08. The van der Waals surface area contributed by atoms with E-state index in [0.717, 1.165) is 25.7 Å². The van der Waals surface area contributed by atoms with Crippen molar-refractivity contribution in [2.24, 2.45) is 5.92 Å². The van der Waals surface area contributed by atoms with Crippen LogP contribution < -0.4 is 5.43 Å². The van der Waals surface area contributed by atoms with Crippen LogP contribution in [-0.2, 0) is 6.54 Å². The summed E-state index contributed by atoms with van der Waals surface area (Å²) >= 11 is 0. The zero-order chi connectivity index (χ0) is 15.3. The van der Waals surface area contributed by atoms with Gasteiger partial charge in [-0.2, -0.15) is 0 Å². The summed E-state index contributed by atoms with van der Waals surface area (Å²) < 4.78 is 1.50. The largest absolute Gasteiger partial charge is 0.503 e. The minimum Gasteiger partial charge on any atom is -0.503 e. The molecule has 1 rings (SSSR count). The van der Waals surface area contributed by atoms with Crippen LogP contribution in [0.2, 0.25) is 0 Å². The van der Waals surface area contributed by atoms with Gasteiger partial charge in [0.2, 0.25) is 0 Å². The normalized spacial score (nSPS) is 12.3. The number of aromatic hydroxyl groups is 2. The summed E-state index contributed by atoms with van der Waals surface area (Å²) in [5, 5.41) is 19.3. The third-order valence-electron chi connectivity index (χ3n) is 3.57. The van der Waals surface area contributed by atoms with E-state index in [1.165, 1.54) is 17.7 Å². The Balaban J connectivity index is 3.16. The van der Waals surface area contributed by atoms with E-state index in [2.05, 4.69) is 13.8 Å². The Hall–Kier alpha value is -1.78. The second-order valence-electron chi connectivity index (χ2n) is 5.17. The molecule has 5 heteroatoms. The lowest BCUT2D eigenvalue weighted by molar-refractivity contribution is 0.0998. The number of unbranched alkanes of at least 4 members (excludes halogenated alkanes) is 1. The van der Waals surface area contributed by atoms with Crippen molar-refractivity contribution in [2.45, 2.75) is 53.0 Å². The van der Waals surface area contributed by atoms with Gasteiger partial charge in [-0.05, 0) is 12.3 Å². The molecule has 112 valence electrons. The molecular formula is C15H23NO4. The van der Waals surface area contributed by atoms with Crippen molar-refractivity contribution in [1.29, 1.82) is 0 Å². The number of pyridine rings is 1. The zero-order valence-corrected chi connectivity index (χ0v) is 12.3. The van der Waals surface area contributed by atoms with Crippen molar-refractivity contribution in [2.75, 3.05) is 0 Å². The predicted molar refractivity (Wildman–Crippen MR) is 77.3 cm³/mol. The molecule has 5 nitrogen and oxygen atoms in total. The number of Topliss-reactive ketones (excluding diaryl/α,β-unsaturated/α-hetero) is 1. The number of nitrogens with zero attached hydrogens (tertiary/aromatic N) is 1. The second kappa shape index (κ2) is 7.12. The fourth-order valence-corrected chi connectivity index (χ4v) is 2.34. The lowest BCUT2D eigenvalue weighted by Crippen LogP contribution is -2.20. The van der Waals surface area contributed by atoms with Crippen LogP contribution in [0.15, 0.2) is 11.0 Å². The Morgan fingerprint density at radius 1 is 1.35 bits per heavy atom. The van der Waals surface area contributed by atoms with Gasteiger partial charge in [0.05, 0.1) is 6.20 Å². The molecular weight excluding hydrogens is 258 g/mol. The van der Waals surface area contributed by atoms with Crippen molar-refractivity contribution in [3.8, 4) is 11.5 Å². The molecule has 20 heavy (non-hydrogen) atoms. The fourth-order valence-electron chi connectivity index (χ4n) is 2.34. The highest BCUT2D eigenvalue weighted by molar-refractivity contribution is 5.95. The van der Waals surface area contributed by atoms with Crippen LogP contribution in [0.25, 0.3) is 0 Å². The van der Waals surface area contributed by atoms with Crippen LogP contribution in [0.1, 0.15) is 56.9 Å². The summed E-state index contributed by atoms with van der Waals surface area (Å²) in [5.41, 5.74) is -0.921. The molecule has 0 saturated carbocycles. The summed E-state index contributed by atoms with van der Waals surface area (Å²) in [7, 11) is 0. The van der Waals surface area contributed by atoms with Gasteiger partial charge in [-0.1, -0.05) is 33.1 Å². The van der Waals surface area contributed by atoms with Gasteiger partial charge in [-0.15, -0.1) is 0 Å². The SMILES string of the molecule is CCCCC(CC)Cn1cc(O)c(=O)c(O)c1C(C)=O. The van der Waals surface area contributed by atoms with Crippen molar-refractivity contribution < 1.29 is 15.0 Å². The Morgan fingerprint density at radius 3 is 2.50 bits per heavy atom. The van der Waals surface area contributed by atoms with Crippen LogP contribution in [-0.4, -0.2) is 20.6 Å². The molecule has 0 radical (unpaired) electrons. The predicted octanol–water partition coefficient (Wildman–Crippen LogP) is 2.68. The summed E-state index contributed by atoms with van der Waals surface area (Å²) in [4.78, 5) is 23.1. The number of aromatic nitrogens is 1. The average molecular weight is 281 g/mol. The topological polar surface area (TPSA) is 79.5 Å². The quantitative estimate of drug-likeness (QED) is 0.753. The highest BCUT2D eigenvalue weighted by atomic mass is 16.3. The lowest BCUT2D eigenvalue weighted by atomic mass is 9.99. The van der Waals surface area contributed by atoms with Crippen LogP contribution in [0.3, 0.4) is 0 Å². The number of carbonyl (C=O) groups excluding carboxylic acids is 1. The van der Waals surface area contributed by atoms with E-state index in [1.807, 2.05) is 0 Å². The maximum atomic E-state index is 11.6. The number of ketones is 1. The standard InChI is InChI=1S/C15H23NO4/c1-4-6-7-11(5-2)8-16-9-12(18)14(19)15(20)13(16)10(3)17/h9,11,18,20H,4-8H2,1-3H3. The highest BCUT2D eigenvalue weighted by Gasteiger charge is 2.19. The van der Waals surface area contributed by atoms with Gasteiger partial charge in [-0.3, -0.25) is 9.59 Å². The molecule has 0 aromatic carbocycles. The molecule has 2 N–H and O–H groups in total. The van der Waals surface area contributed by atoms with E-state index >= 15 is 0 Å². The molecule has 1 atom stereocenters. The summed E-state index contributed by atoms with van der Waals surface area (Å²) in [5.74, 6) is -1.24. The van der Waals surface area contributed by atoms with Gasteiger partial charge in [0.15, 0.2) is 17.3 Å². The zero-order valence-electron chi connectivity index (χ0n) is 12.3. The number of hydrogen-bond acceptors (Lipinski definition) is 4. The van der Waals surface area contributed by atoms with E-state index in [1.54, 1.807) is 0 Å². The number of rotatable bonds is 7. The lowest BCUT2D eigenvalue weighted by Gasteiger charge is -2.19. The smallest absolute Gasteiger partial charge is 0.265 e. The molecule has 0 aliphatic heterocycles. The number of carbonyl (C=O) groups is 1. The molecule has 0 spiro atoms. The van der Waals surface area contributed by atoms with Gasteiger partial charge in [0, 0.05) is 13.5 Å². The van der Waals surface area contributed by atoms with E-state index in [9.17, 15) is 19.8 Å². The summed E-state index contributed by atoms with van der Waals surface area (Å²) in [6.45, 7) is 5.99. The van der Waals surface area contributed by atoms with Crippen LogP contribution >= 0.6 is 0 Å². The van der Waals surface area contributed by atoms with Crippen molar-refractivity contribution >= 4 is 5.78 Å². The molecule has 1 heterocycles. The molecule has 0 fully saturated rings. The molecule has 0 amide bonds. The maximum absolute atomic E-state index is 11.6.